The maximum absolute atomic E-state index is 12.4. The van der Waals surface area contributed by atoms with Gasteiger partial charge >= 0.3 is 0 Å². The first-order chi connectivity index (χ1) is 9.30. The molecule has 0 bridgehead atoms. The molecule has 2 aromatic rings. The molecule has 20 heavy (non-hydrogen) atoms. The molecular formula is C13H20N6O. The molecule has 0 fully saturated rings. The Hall–Kier alpha value is -2.31. The molecule has 108 valence electrons. The van der Waals surface area contributed by atoms with Gasteiger partial charge in [-0.25, -0.2) is 4.98 Å². The standard InChI is InChI=1S/C13H20N6O/c1-9(10-5-16-18(4)6-10)17-12(20)13(2,3)19-7-11(14)15-8-19/h5-9H,14H2,1-4H3,(H,17,20). The molecule has 0 aliphatic rings. The summed E-state index contributed by atoms with van der Waals surface area (Å²) in [6, 6.07) is -0.114. The third-order valence-corrected chi connectivity index (χ3v) is 3.38. The molecular weight excluding hydrogens is 256 g/mol. The second kappa shape index (κ2) is 4.99. The van der Waals surface area contributed by atoms with Crippen LogP contribution in [0, 0.1) is 0 Å². The summed E-state index contributed by atoms with van der Waals surface area (Å²) in [4.78, 5) is 16.4. The van der Waals surface area contributed by atoms with Crippen LogP contribution in [-0.4, -0.2) is 25.2 Å². The lowest BCUT2D eigenvalue weighted by atomic mass is 10.0. The minimum atomic E-state index is -0.763. The van der Waals surface area contributed by atoms with Crippen molar-refractivity contribution >= 4 is 11.7 Å². The summed E-state index contributed by atoms with van der Waals surface area (Å²) in [7, 11) is 1.84. The van der Waals surface area contributed by atoms with Crippen molar-refractivity contribution in [3.8, 4) is 0 Å². The molecule has 0 aliphatic heterocycles. The Morgan fingerprint density at radius 3 is 2.65 bits per heavy atom. The first kappa shape index (κ1) is 14.1. The summed E-state index contributed by atoms with van der Waals surface area (Å²) < 4.78 is 3.41. The number of imidazole rings is 1. The number of rotatable bonds is 4. The number of hydrogen-bond donors (Lipinski definition) is 2. The maximum atomic E-state index is 12.4. The normalized spacial score (nSPS) is 13.2. The molecule has 7 nitrogen and oxygen atoms in total. The Bertz CT molecular complexity index is 612. The number of aryl methyl sites for hydroxylation is 1. The van der Waals surface area contributed by atoms with E-state index in [0.29, 0.717) is 5.82 Å². The van der Waals surface area contributed by atoms with Crippen LogP contribution in [-0.2, 0) is 17.4 Å². The van der Waals surface area contributed by atoms with E-state index in [-0.39, 0.29) is 11.9 Å². The third-order valence-electron chi connectivity index (χ3n) is 3.38. The van der Waals surface area contributed by atoms with Crippen molar-refractivity contribution in [3.05, 3.63) is 30.5 Å². The van der Waals surface area contributed by atoms with Crippen LogP contribution in [0.25, 0.3) is 0 Å². The van der Waals surface area contributed by atoms with Gasteiger partial charge in [0, 0.05) is 25.0 Å². The smallest absolute Gasteiger partial charge is 0.246 e. The molecule has 2 rings (SSSR count). The SMILES string of the molecule is CC(NC(=O)C(C)(C)n1cnc(N)c1)c1cnn(C)c1. The molecule has 0 saturated carbocycles. The summed E-state index contributed by atoms with van der Waals surface area (Å²) in [5.41, 5.74) is 5.79. The molecule has 1 amide bonds. The number of hydrogen-bond acceptors (Lipinski definition) is 4. The molecule has 1 unspecified atom stereocenters. The molecule has 0 spiro atoms. The second-order valence-corrected chi connectivity index (χ2v) is 5.41. The van der Waals surface area contributed by atoms with E-state index in [1.807, 2.05) is 34.0 Å². The fourth-order valence-electron chi connectivity index (χ4n) is 1.88. The average Bonchev–Trinajstić information content (AvgIpc) is 2.98. The van der Waals surface area contributed by atoms with E-state index in [2.05, 4.69) is 15.4 Å². The predicted molar refractivity (Wildman–Crippen MR) is 75.7 cm³/mol. The van der Waals surface area contributed by atoms with Gasteiger partial charge in [0.15, 0.2) is 0 Å². The maximum Gasteiger partial charge on any atom is 0.246 e. The quantitative estimate of drug-likeness (QED) is 0.864. The number of nitrogens with two attached hydrogens (primary N) is 1. The molecule has 2 heterocycles. The summed E-state index contributed by atoms with van der Waals surface area (Å²) in [6.07, 6.45) is 6.83. The van der Waals surface area contributed by atoms with Gasteiger partial charge in [-0.15, -0.1) is 0 Å². The number of nitrogen functional groups attached to an aromatic ring is 1. The summed E-state index contributed by atoms with van der Waals surface area (Å²) in [6.45, 7) is 5.56. The molecule has 0 aromatic carbocycles. The average molecular weight is 276 g/mol. The van der Waals surface area contributed by atoms with E-state index in [4.69, 9.17) is 5.73 Å². The number of carbonyl (C=O) groups is 1. The van der Waals surface area contributed by atoms with Crippen LogP contribution in [0.4, 0.5) is 5.82 Å². The van der Waals surface area contributed by atoms with Crippen LogP contribution in [0.15, 0.2) is 24.9 Å². The van der Waals surface area contributed by atoms with Crippen molar-refractivity contribution in [2.45, 2.75) is 32.4 Å². The van der Waals surface area contributed by atoms with E-state index < -0.39 is 5.54 Å². The summed E-state index contributed by atoms with van der Waals surface area (Å²) in [5, 5.41) is 7.08. The van der Waals surface area contributed by atoms with Crippen molar-refractivity contribution < 1.29 is 4.79 Å². The Kier molecular flexibility index (Phi) is 3.52. The topological polar surface area (TPSA) is 90.8 Å². The fraction of sp³-hybridized carbons (Fsp3) is 0.462. The Morgan fingerprint density at radius 1 is 1.45 bits per heavy atom. The lowest BCUT2D eigenvalue weighted by Gasteiger charge is -2.27. The van der Waals surface area contributed by atoms with Crippen molar-refractivity contribution in [3.63, 3.8) is 0 Å². The number of aromatic nitrogens is 4. The number of nitrogens with one attached hydrogen (secondary N) is 1. The van der Waals surface area contributed by atoms with Crippen molar-refractivity contribution in [2.75, 3.05) is 5.73 Å². The highest BCUT2D eigenvalue weighted by atomic mass is 16.2. The predicted octanol–water partition coefficient (Wildman–Crippen LogP) is 0.811. The van der Waals surface area contributed by atoms with Crippen molar-refractivity contribution in [1.82, 2.24) is 24.6 Å². The van der Waals surface area contributed by atoms with Gasteiger partial charge in [-0.05, 0) is 20.8 Å². The number of amides is 1. The van der Waals surface area contributed by atoms with Crippen LogP contribution < -0.4 is 11.1 Å². The van der Waals surface area contributed by atoms with Crippen LogP contribution in [0.1, 0.15) is 32.4 Å². The first-order valence-corrected chi connectivity index (χ1v) is 6.40. The molecule has 2 aromatic heterocycles. The zero-order chi connectivity index (χ0) is 14.9. The zero-order valence-electron chi connectivity index (χ0n) is 12.2. The van der Waals surface area contributed by atoms with E-state index in [1.54, 1.807) is 28.0 Å². The Balaban J connectivity index is 2.11. The Morgan fingerprint density at radius 2 is 2.15 bits per heavy atom. The molecule has 0 aliphatic carbocycles. The van der Waals surface area contributed by atoms with Gasteiger partial charge in [0.1, 0.15) is 11.4 Å². The van der Waals surface area contributed by atoms with Gasteiger partial charge in [0.25, 0.3) is 0 Å². The fourth-order valence-corrected chi connectivity index (χ4v) is 1.88. The lowest BCUT2D eigenvalue weighted by Crippen LogP contribution is -2.44. The lowest BCUT2D eigenvalue weighted by molar-refractivity contribution is -0.129. The molecule has 0 radical (unpaired) electrons. The van der Waals surface area contributed by atoms with Gasteiger partial charge in [0.2, 0.25) is 5.91 Å². The molecule has 1 atom stereocenters. The van der Waals surface area contributed by atoms with E-state index in [1.165, 1.54) is 0 Å². The third kappa shape index (κ3) is 2.66. The van der Waals surface area contributed by atoms with Gasteiger partial charge in [-0.1, -0.05) is 0 Å². The largest absolute Gasteiger partial charge is 0.382 e. The highest BCUT2D eigenvalue weighted by Crippen LogP contribution is 2.19. The molecule has 7 heteroatoms. The summed E-state index contributed by atoms with van der Waals surface area (Å²) >= 11 is 0. The van der Waals surface area contributed by atoms with Gasteiger partial charge in [-0.3, -0.25) is 9.48 Å². The highest BCUT2D eigenvalue weighted by molar-refractivity contribution is 5.84. The van der Waals surface area contributed by atoms with Gasteiger partial charge in [0.05, 0.1) is 18.6 Å². The van der Waals surface area contributed by atoms with Crippen molar-refractivity contribution in [2.24, 2.45) is 7.05 Å². The van der Waals surface area contributed by atoms with Crippen LogP contribution in [0.2, 0.25) is 0 Å². The van der Waals surface area contributed by atoms with E-state index in [0.717, 1.165) is 5.56 Å². The summed E-state index contributed by atoms with van der Waals surface area (Å²) in [5.74, 6) is 0.289. The first-order valence-electron chi connectivity index (χ1n) is 6.40. The van der Waals surface area contributed by atoms with Crippen LogP contribution in [0.5, 0.6) is 0 Å². The minimum Gasteiger partial charge on any atom is -0.382 e. The van der Waals surface area contributed by atoms with E-state index >= 15 is 0 Å². The highest BCUT2D eigenvalue weighted by Gasteiger charge is 2.30. The molecule has 3 N–H and O–H groups in total. The number of carbonyl (C=O) groups excluding carboxylic acids is 1. The van der Waals surface area contributed by atoms with Gasteiger partial charge in [-0.2, -0.15) is 5.10 Å². The minimum absolute atomic E-state index is 0.105. The number of anilines is 1. The van der Waals surface area contributed by atoms with E-state index in [9.17, 15) is 4.79 Å². The van der Waals surface area contributed by atoms with Gasteiger partial charge < -0.3 is 15.6 Å². The number of nitrogens with zero attached hydrogens (tertiary/aromatic N) is 4. The Labute approximate surface area is 117 Å². The van der Waals surface area contributed by atoms with Crippen LogP contribution >= 0.6 is 0 Å². The zero-order valence-corrected chi connectivity index (χ0v) is 12.2. The monoisotopic (exact) mass is 276 g/mol. The second-order valence-electron chi connectivity index (χ2n) is 5.41. The molecule has 0 saturated heterocycles. The van der Waals surface area contributed by atoms with Crippen molar-refractivity contribution in [1.29, 1.82) is 0 Å². The van der Waals surface area contributed by atoms with Crippen LogP contribution in [0.3, 0.4) is 0 Å².